The Hall–Kier alpha value is -2.55. The Kier molecular flexibility index (Phi) is 6.74. The number of rotatable bonds is 8. The molecule has 6 heteroatoms. The molecule has 1 aromatic heterocycles. The fraction of sp³-hybridized carbons (Fsp3) is 0.346. The molecule has 3 aromatic rings. The van der Waals surface area contributed by atoms with Crippen molar-refractivity contribution in [3.8, 4) is 29.4 Å². The van der Waals surface area contributed by atoms with Crippen LogP contribution < -0.4 is 10.1 Å². The SMILES string of the molecule is C#CC(Nc1nc(-c2ccc(OC)cc2Cl)c(C)s1)C(CC1CC1)c1ccc(C)c(F)c1. The number of thiazole rings is 1. The van der Waals surface area contributed by atoms with Crippen LogP contribution in [0.25, 0.3) is 11.3 Å². The van der Waals surface area contributed by atoms with Gasteiger partial charge in [-0.15, -0.1) is 17.8 Å². The van der Waals surface area contributed by atoms with Crippen LogP contribution in [0.3, 0.4) is 0 Å². The maximum atomic E-state index is 14.3. The van der Waals surface area contributed by atoms with Crippen LogP contribution in [0.1, 0.15) is 41.2 Å². The van der Waals surface area contributed by atoms with Crippen LogP contribution >= 0.6 is 22.9 Å². The van der Waals surface area contributed by atoms with Crippen molar-refractivity contribution in [2.24, 2.45) is 5.92 Å². The second kappa shape index (κ2) is 9.52. The number of hydrogen-bond donors (Lipinski definition) is 1. The van der Waals surface area contributed by atoms with Gasteiger partial charge in [-0.3, -0.25) is 0 Å². The zero-order valence-electron chi connectivity index (χ0n) is 18.4. The van der Waals surface area contributed by atoms with Crippen LogP contribution in [-0.4, -0.2) is 18.1 Å². The van der Waals surface area contributed by atoms with Crippen molar-refractivity contribution in [1.29, 1.82) is 0 Å². The third-order valence-electron chi connectivity index (χ3n) is 6.00. The van der Waals surface area contributed by atoms with Crippen LogP contribution in [0, 0.1) is 37.9 Å². The van der Waals surface area contributed by atoms with Crippen molar-refractivity contribution in [1.82, 2.24) is 4.98 Å². The molecule has 1 aliphatic carbocycles. The summed E-state index contributed by atoms with van der Waals surface area (Å²) in [5.74, 6) is 4.07. The highest BCUT2D eigenvalue weighted by atomic mass is 35.5. The second-order valence-electron chi connectivity index (χ2n) is 8.35. The van der Waals surface area contributed by atoms with Crippen LogP contribution in [0.2, 0.25) is 5.02 Å². The molecule has 3 nitrogen and oxygen atoms in total. The summed E-state index contributed by atoms with van der Waals surface area (Å²) in [4.78, 5) is 5.84. The number of benzene rings is 2. The Bertz CT molecular complexity index is 1170. The quantitative estimate of drug-likeness (QED) is 0.354. The summed E-state index contributed by atoms with van der Waals surface area (Å²) < 4.78 is 19.6. The number of aromatic nitrogens is 1. The Morgan fingerprint density at radius 3 is 2.69 bits per heavy atom. The molecular weight excluding hydrogens is 443 g/mol. The van der Waals surface area contributed by atoms with Gasteiger partial charge in [0.05, 0.1) is 23.9 Å². The molecule has 1 heterocycles. The molecule has 2 aromatic carbocycles. The van der Waals surface area contributed by atoms with Gasteiger partial charge in [-0.25, -0.2) is 9.37 Å². The summed E-state index contributed by atoms with van der Waals surface area (Å²) in [7, 11) is 1.61. The van der Waals surface area contributed by atoms with Gasteiger partial charge in [0.15, 0.2) is 5.13 Å². The first kappa shape index (κ1) is 22.6. The predicted molar refractivity (Wildman–Crippen MR) is 131 cm³/mol. The second-order valence-corrected chi connectivity index (χ2v) is 9.96. The molecular formula is C26H26ClFN2OS. The minimum absolute atomic E-state index is 0.0137. The van der Waals surface area contributed by atoms with Crippen molar-refractivity contribution in [3.05, 3.63) is 63.2 Å². The van der Waals surface area contributed by atoms with E-state index in [4.69, 9.17) is 27.7 Å². The Balaban J connectivity index is 1.61. The van der Waals surface area contributed by atoms with Crippen molar-refractivity contribution in [2.75, 3.05) is 12.4 Å². The third kappa shape index (κ3) is 4.92. The lowest BCUT2D eigenvalue weighted by atomic mass is 9.86. The smallest absolute Gasteiger partial charge is 0.184 e. The van der Waals surface area contributed by atoms with Crippen molar-refractivity contribution in [3.63, 3.8) is 0 Å². The molecule has 0 radical (unpaired) electrons. The van der Waals surface area contributed by atoms with Gasteiger partial charge in [0.2, 0.25) is 0 Å². The molecule has 0 amide bonds. The van der Waals surface area contributed by atoms with E-state index in [0.717, 1.165) is 33.3 Å². The van der Waals surface area contributed by atoms with E-state index < -0.39 is 0 Å². The van der Waals surface area contributed by atoms with E-state index in [-0.39, 0.29) is 17.8 Å². The fourth-order valence-corrected chi connectivity index (χ4v) is 5.06. The zero-order chi connectivity index (χ0) is 22.8. The molecule has 1 fully saturated rings. The van der Waals surface area contributed by atoms with Crippen molar-refractivity contribution < 1.29 is 9.13 Å². The molecule has 1 aliphatic rings. The fourth-order valence-electron chi connectivity index (χ4n) is 3.93. The van der Waals surface area contributed by atoms with Crippen molar-refractivity contribution >= 4 is 28.1 Å². The summed E-state index contributed by atoms with van der Waals surface area (Å²) in [5.41, 5.74) is 3.24. The Morgan fingerprint density at radius 1 is 1.28 bits per heavy atom. The summed E-state index contributed by atoms with van der Waals surface area (Å²) in [6, 6.07) is 10.7. The Labute approximate surface area is 198 Å². The molecule has 2 unspecified atom stereocenters. The number of aryl methyl sites for hydroxylation is 2. The highest BCUT2D eigenvalue weighted by Gasteiger charge is 2.31. The van der Waals surface area contributed by atoms with E-state index >= 15 is 0 Å². The van der Waals surface area contributed by atoms with E-state index in [1.54, 1.807) is 37.5 Å². The van der Waals surface area contributed by atoms with Gasteiger partial charge in [0.25, 0.3) is 0 Å². The lowest BCUT2D eigenvalue weighted by molar-refractivity contribution is 0.415. The molecule has 1 N–H and O–H groups in total. The summed E-state index contributed by atoms with van der Waals surface area (Å²) in [6.45, 7) is 3.79. The number of nitrogens with zero attached hydrogens (tertiary/aromatic N) is 1. The third-order valence-corrected chi connectivity index (χ3v) is 7.21. The highest BCUT2D eigenvalue weighted by molar-refractivity contribution is 7.16. The molecule has 0 bridgehead atoms. The summed E-state index contributed by atoms with van der Waals surface area (Å²) in [5, 5.41) is 4.77. The predicted octanol–water partition coefficient (Wildman–Crippen LogP) is 7.23. The van der Waals surface area contributed by atoms with E-state index in [2.05, 4.69) is 11.2 Å². The lowest BCUT2D eigenvalue weighted by Crippen LogP contribution is -2.26. The maximum Gasteiger partial charge on any atom is 0.184 e. The number of ether oxygens (including phenoxy) is 1. The molecule has 0 saturated heterocycles. The molecule has 32 heavy (non-hydrogen) atoms. The van der Waals surface area contributed by atoms with Gasteiger partial charge in [-0.2, -0.15) is 0 Å². The molecule has 166 valence electrons. The first-order valence-corrected chi connectivity index (χ1v) is 11.9. The first-order chi connectivity index (χ1) is 15.4. The minimum Gasteiger partial charge on any atom is -0.497 e. The lowest BCUT2D eigenvalue weighted by Gasteiger charge is -2.25. The number of anilines is 1. The standard InChI is InChI=1S/C26H26ClFN2OS/c1-5-24(21(12-17-7-8-17)18-9-6-15(2)23(28)13-18)29-26-30-25(16(3)32-26)20-11-10-19(31-4)14-22(20)27/h1,6,9-11,13-14,17,21,24H,7-8,12H2,2-4H3,(H,29,30). The molecule has 0 spiro atoms. The van der Waals surface area contributed by atoms with E-state index in [1.807, 2.05) is 31.2 Å². The largest absolute Gasteiger partial charge is 0.497 e. The topological polar surface area (TPSA) is 34.2 Å². The summed E-state index contributed by atoms with van der Waals surface area (Å²) in [6.07, 6.45) is 9.32. The molecule has 0 aliphatic heterocycles. The number of methoxy groups -OCH3 is 1. The van der Waals surface area contributed by atoms with Gasteiger partial charge in [0.1, 0.15) is 11.6 Å². The maximum absolute atomic E-state index is 14.3. The number of nitrogens with one attached hydrogen (secondary N) is 1. The minimum atomic E-state index is -0.289. The van der Waals surface area contributed by atoms with Crippen molar-refractivity contribution in [2.45, 2.75) is 45.1 Å². The molecule has 2 atom stereocenters. The van der Waals surface area contributed by atoms with Gasteiger partial charge in [-0.05, 0) is 61.6 Å². The van der Waals surface area contributed by atoms with E-state index in [1.165, 1.54) is 12.8 Å². The number of terminal acetylenes is 1. The monoisotopic (exact) mass is 468 g/mol. The average Bonchev–Trinajstić information content (AvgIpc) is 3.53. The number of hydrogen-bond acceptors (Lipinski definition) is 4. The normalized spacial score (nSPS) is 15.1. The Morgan fingerprint density at radius 2 is 2.06 bits per heavy atom. The van der Waals surface area contributed by atoms with E-state index in [0.29, 0.717) is 22.3 Å². The van der Waals surface area contributed by atoms with Crippen LogP contribution in [0.15, 0.2) is 36.4 Å². The van der Waals surface area contributed by atoms with Crippen LogP contribution in [-0.2, 0) is 0 Å². The van der Waals surface area contributed by atoms with Gasteiger partial charge in [-0.1, -0.05) is 42.5 Å². The average molecular weight is 469 g/mol. The van der Waals surface area contributed by atoms with Gasteiger partial charge < -0.3 is 10.1 Å². The van der Waals surface area contributed by atoms with Gasteiger partial charge >= 0.3 is 0 Å². The number of halogens is 2. The van der Waals surface area contributed by atoms with Gasteiger partial charge in [0, 0.05) is 16.4 Å². The zero-order valence-corrected chi connectivity index (χ0v) is 20.0. The summed E-state index contributed by atoms with van der Waals surface area (Å²) >= 11 is 8.02. The van der Waals surface area contributed by atoms with Crippen LogP contribution in [0.4, 0.5) is 9.52 Å². The first-order valence-electron chi connectivity index (χ1n) is 10.7. The van der Waals surface area contributed by atoms with E-state index in [9.17, 15) is 4.39 Å². The molecule has 4 rings (SSSR count). The van der Waals surface area contributed by atoms with Crippen LogP contribution in [0.5, 0.6) is 5.75 Å². The molecule has 1 saturated carbocycles. The highest BCUT2D eigenvalue weighted by Crippen LogP contribution is 2.42.